The first-order valence-electron chi connectivity index (χ1n) is 11.6. The van der Waals surface area contributed by atoms with E-state index in [0.717, 1.165) is 5.56 Å². The molecule has 1 aromatic rings. The van der Waals surface area contributed by atoms with Crippen molar-refractivity contribution >= 4 is 35.2 Å². The number of aryl methyl sites for hydroxylation is 1. The van der Waals surface area contributed by atoms with Crippen LogP contribution >= 0.6 is 0 Å². The summed E-state index contributed by atoms with van der Waals surface area (Å²) in [4.78, 5) is 61.7. The van der Waals surface area contributed by atoms with E-state index in [1.165, 1.54) is 17.1 Å². The third-order valence-corrected chi connectivity index (χ3v) is 5.52. The smallest absolute Gasteiger partial charge is 0.253 e. The van der Waals surface area contributed by atoms with E-state index >= 15 is 0 Å². The molecule has 2 rings (SSSR count). The molecular formula is C25H34N4O5. The maximum Gasteiger partial charge on any atom is 0.253 e. The number of imide groups is 1. The van der Waals surface area contributed by atoms with Gasteiger partial charge in [0.15, 0.2) is 0 Å². The first-order chi connectivity index (χ1) is 16.1. The highest BCUT2D eigenvalue weighted by Crippen LogP contribution is 2.10. The van der Waals surface area contributed by atoms with E-state index in [1.54, 1.807) is 19.1 Å². The Balaban J connectivity index is 1.74. The number of rotatable bonds is 12. The molecule has 34 heavy (non-hydrogen) atoms. The van der Waals surface area contributed by atoms with Crippen molar-refractivity contribution in [2.45, 2.75) is 65.5 Å². The monoisotopic (exact) mass is 470 g/mol. The summed E-state index contributed by atoms with van der Waals surface area (Å²) in [7, 11) is 0. The molecule has 1 aliphatic heterocycles. The number of hydrogen-bond acceptors (Lipinski definition) is 5. The number of carbonyl (C=O) groups is 5. The summed E-state index contributed by atoms with van der Waals surface area (Å²) in [6.07, 6.45) is 4.56. The van der Waals surface area contributed by atoms with Crippen LogP contribution in [0.4, 0.5) is 5.69 Å². The minimum atomic E-state index is -0.780. The van der Waals surface area contributed by atoms with Gasteiger partial charge in [-0.25, -0.2) is 0 Å². The van der Waals surface area contributed by atoms with Gasteiger partial charge >= 0.3 is 0 Å². The van der Waals surface area contributed by atoms with Crippen LogP contribution in [0.3, 0.4) is 0 Å². The molecule has 0 radical (unpaired) electrons. The van der Waals surface area contributed by atoms with Crippen LogP contribution in [0.1, 0.15) is 52.0 Å². The fourth-order valence-corrected chi connectivity index (χ4v) is 3.42. The number of nitrogens with zero attached hydrogens (tertiary/aromatic N) is 1. The molecule has 0 spiro atoms. The van der Waals surface area contributed by atoms with Crippen molar-refractivity contribution in [3.05, 3.63) is 42.0 Å². The van der Waals surface area contributed by atoms with Gasteiger partial charge in [-0.3, -0.25) is 28.9 Å². The predicted octanol–water partition coefficient (Wildman–Crippen LogP) is 2.06. The average molecular weight is 471 g/mol. The van der Waals surface area contributed by atoms with E-state index < -0.39 is 18.0 Å². The lowest BCUT2D eigenvalue weighted by Crippen LogP contribution is -2.53. The molecule has 0 saturated heterocycles. The van der Waals surface area contributed by atoms with Gasteiger partial charge in [-0.1, -0.05) is 38.0 Å². The maximum absolute atomic E-state index is 12.7. The van der Waals surface area contributed by atoms with Gasteiger partial charge in [0, 0.05) is 30.8 Å². The molecule has 0 aromatic heterocycles. The zero-order chi connectivity index (χ0) is 25.3. The van der Waals surface area contributed by atoms with E-state index in [1.807, 2.05) is 32.9 Å². The van der Waals surface area contributed by atoms with Gasteiger partial charge in [-0.15, -0.1) is 0 Å². The van der Waals surface area contributed by atoms with Crippen molar-refractivity contribution < 1.29 is 24.0 Å². The predicted molar refractivity (Wildman–Crippen MR) is 129 cm³/mol. The van der Waals surface area contributed by atoms with Crippen LogP contribution in [-0.2, 0) is 24.0 Å². The highest BCUT2D eigenvalue weighted by Gasteiger charge is 2.27. The first kappa shape index (κ1) is 26.8. The second kappa shape index (κ2) is 12.7. The number of carbonyl (C=O) groups excluding carboxylic acids is 5. The van der Waals surface area contributed by atoms with Crippen LogP contribution in [0, 0.1) is 12.8 Å². The van der Waals surface area contributed by atoms with Crippen molar-refractivity contribution in [1.29, 1.82) is 0 Å². The molecule has 2 atom stereocenters. The summed E-state index contributed by atoms with van der Waals surface area (Å²) in [5.74, 6) is -1.83. The summed E-state index contributed by atoms with van der Waals surface area (Å²) in [6.45, 7) is 7.50. The molecule has 1 aliphatic rings. The van der Waals surface area contributed by atoms with Crippen molar-refractivity contribution in [2.24, 2.45) is 5.92 Å². The Bertz CT molecular complexity index is 921. The Morgan fingerprint density at radius 2 is 1.47 bits per heavy atom. The lowest BCUT2D eigenvalue weighted by atomic mass is 10.0. The Kier molecular flexibility index (Phi) is 9.97. The number of anilines is 1. The van der Waals surface area contributed by atoms with Gasteiger partial charge in [0.1, 0.15) is 12.1 Å². The van der Waals surface area contributed by atoms with Gasteiger partial charge < -0.3 is 16.0 Å². The molecule has 0 unspecified atom stereocenters. The molecule has 3 N–H and O–H groups in total. The number of unbranched alkanes of at least 4 members (excludes halogenated alkanes) is 2. The van der Waals surface area contributed by atoms with Crippen LogP contribution in [0.15, 0.2) is 36.4 Å². The largest absolute Gasteiger partial charge is 0.344 e. The molecular weight excluding hydrogens is 436 g/mol. The second-order valence-electron chi connectivity index (χ2n) is 8.85. The normalized spacial score (nSPS) is 14.8. The zero-order valence-corrected chi connectivity index (χ0v) is 20.2. The Morgan fingerprint density at radius 1 is 0.853 bits per heavy atom. The molecule has 0 bridgehead atoms. The Labute approximate surface area is 200 Å². The van der Waals surface area contributed by atoms with Crippen molar-refractivity contribution in [1.82, 2.24) is 15.5 Å². The molecule has 0 aliphatic carbocycles. The second-order valence-corrected chi connectivity index (χ2v) is 8.85. The molecule has 0 saturated carbocycles. The van der Waals surface area contributed by atoms with E-state index in [4.69, 9.17) is 0 Å². The number of nitrogens with one attached hydrogen (secondary N) is 3. The first-order valence-corrected chi connectivity index (χ1v) is 11.6. The van der Waals surface area contributed by atoms with Crippen molar-refractivity contribution in [3.8, 4) is 0 Å². The van der Waals surface area contributed by atoms with Crippen molar-refractivity contribution in [3.63, 3.8) is 0 Å². The minimum Gasteiger partial charge on any atom is -0.344 e. The van der Waals surface area contributed by atoms with E-state index in [9.17, 15) is 24.0 Å². The van der Waals surface area contributed by atoms with Crippen LogP contribution in [0.5, 0.6) is 0 Å². The van der Waals surface area contributed by atoms with E-state index in [-0.39, 0.29) is 36.0 Å². The maximum atomic E-state index is 12.7. The topological polar surface area (TPSA) is 125 Å². The zero-order valence-electron chi connectivity index (χ0n) is 20.2. The lowest BCUT2D eigenvalue weighted by Gasteiger charge is -2.24. The molecule has 9 nitrogen and oxygen atoms in total. The fourth-order valence-electron chi connectivity index (χ4n) is 3.42. The van der Waals surface area contributed by atoms with Gasteiger partial charge in [-0.05, 0) is 44.7 Å². The van der Waals surface area contributed by atoms with Crippen LogP contribution in [-0.4, -0.2) is 53.1 Å². The average Bonchev–Trinajstić information content (AvgIpc) is 3.10. The summed E-state index contributed by atoms with van der Waals surface area (Å²) in [6, 6.07) is 5.79. The molecule has 5 amide bonds. The highest BCUT2D eigenvalue weighted by atomic mass is 16.2. The molecule has 184 valence electrons. The quantitative estimate of drug-likeness (QED) is 0.319. The van der Waals surface area contributed by atoms with Crippen LogP contribution < -0.4 is 16.0 Å². The highest BCUT2D eigenvalue weighted by molar-refractivity contribution is 6.12. The Morgan fingerprint density at radius 3 is 2.06 bits per heavy atom. The Hall–Kier alpha value is -3.49. The minimum absolute atomic E-state index is 0.170. The number of hydrogen-bond donors (Lipinski definition) is 3. The molecule has 9 heteroatoms. The van der Waals surface area contributed by atoms with E-state index in [2.05, 4.69) is 16.0 Å². The van der Waals surface area contributed by atoms with Gasteiger partial charge in [0.05, 0.1) is 0 Å². The van der Waals surface area contributed by atoms with Gasteiger partial charge in [0.2, 0.25) is 17.7 Å². The summed E-state index contributed by atoms with van der Waals surface area (Å²) in [5, 5.41) is 8.18. The summed E-state index contributed by atoms with van der Waals surface area (Å²) < 4.78 is 0. The standard InChI is InChI=1S/C25H34N4O5/c1-16(2)23(25(34)26-18(4)24(33)27-19-11-9-17(3)10-12-19)28-20(30)8-6-5-7-15-29-21(31)13-14-22(29)32/h9-14,16,18,23H,5-8,15H2,1-4H3,(H,26,34)(H,27,33)(H,28,30)/t18-,23-/m0/s1. The number of benzene rings is 1. The molecule has 0 fully saturated rings. The van der Waals surface area contributed by atoms with Gasteiger partial charge in [-0.2, -0.15) is 0 Å². The third kappa shape index (κ3) is 8.13. The van der Waals surface area contributed by atoms with Gasteiger partial charge in [0.25, 0.3) is 11.8 Å². The fraction of sp³-hybridized carbons (Fsp3) is 0.480. The summed E-state index contributed by atoms with van der Waals surface area (Å²) >= 11 is 0. The van der Waals surface area contributed by atoms with Crippen LogP contribution in [0.25, 0.3) is 0 Å². The van der Waals surface area contributed by atoms with E-state index in [0.29, 0.717) is 31.5 Å². The SMILES string of the molecule is Cc1ccc(NC(=O)[C@H](C)NC(=O)[C@@H](NC(=O)CCCCCN2C(=O)C=CC2=O)C(C)C)cc1. The van der Waals surface area contributed by atoms with Crippen molar-refractivity contribution in [2.75, 3.05) is 11.9 Å². The molecule has 1 aromatic carbocycles. The molecule has 1 heterocycles. The summed E-state index contributed by atoms with van der Waals surface area (Å²) in [5.41, 5.74) is 1.71. The lowest BCUT2D eigenvalue weighted by molar-refractivity contribution is -0.137. The number of amides is 5. The van der Waals surface area contributed by atoms with Crippen LogP contribution in [0.2, 0.25) is 0 Å². The third-order valence-electron chi connectivity index (χ3n) is 5.52.